The van der Waals surface area contributed by atoms with E-state index in [1.165, 1.54) is 21.6 Å². The molecule has 8 N–H and O–H groups in total. The number of rotatable bonds is 19. The normalized spacial score (nSPS) is 13.1. The van der Waals surface area contributed by atoms with Crippen molar-refractivity contribution in [3.05, 3.63) is 0 Å². The first kappa shape index (κ1) is 37.9. The molecule has 0 heterocycles. The highest BCUT2D eigenvalue weighted by atomic mass is 35.5. The highest BCUT2D eigenvalue weighted by Gasteiger charge is 2.33. The van der Waals surface area contributed by atoms with E-state index in [0.717, 1.165) is 0 Å². The van der Waals surface area contributed by atoms with E-state index in [-0.39, 0.29) is 63.4 Å². The number of carbonyl (C=O) groups excluding carboxylic acids is 4. The van der Waals surface area contributed by atoms with E-state index in [1.54, 1.807) is 27.7 Å². The van der Waals surface area contributed by atoms with E-state index in [2.05, 4.69) is 21.3 Å². The third-order valence-corrected chi connectivity index (χ3v) is 7.60. The van der Waals surface area contributed by atoms with E-state index >= 15 is 0 Å². The van der Waals surface area contributed by atoms with Crippen LogP contribution in [0.2, 0.25) is 0 Å². The van der Waals surface area contributed by atoms with Gasteiger partial charge in [-0.05, 0) is 0 Å². The van der Waals surface area contributed by atoms with Crippen LogP contribution in [0.3, 0.4) is 0 Å². The zero-order valence-corrected chi connectivity index (χ0v) is 24.3. The highest BCUT2D eigenvalue weighted by Crippen LogP contribution is 2.20. The molecule has 218 valence electrons. The minimum absolute atomic E-state index is 0. The molecule has 0 aromatic rings. The summed E-state index contributed by atoms with van der Waals surface area (Å²) in [6.45, 7) is 6.59. The van der Waals surface area contributed by atoms with E-state index in [0.29, 0.717) is 24.6 Å². The zero-order chi connectivity index (χ0) is 27.8. The number of aliphatic hydroxyl groups is 4. The number of aliphatic hydroxyl groups excluding tert-OH is 4. The number of halogens is 1. The average molecular weight is 591 g/mol. The fraction of sp³-hybridized carbons (Fsp3) is 0.818. The van der Waals surface area contributed by atoms with Gasteiger partial charge in [-0.3, -0.25) is 19.2 Å². The van der Waals surface area contributed by atoms with Crippen molar-refractivity contribution < 1.29 is 39.6 Å². The molecule has 0 spiro atoms. The van der Waals surface area contributed by atoms with Gasteiger partial charge in [-0.2, -0.15) is 0 Å². The lowest BCUT2D eigenvalue weighted by atomic mass is 9.87. The zero-order valence-electron chi connectivity index (χ0n) is 21.9. The van der Waals surface area contributed by atoms with E-state index in [4.69, 9.17) is 0 Å². The van der Waals surface area contributed by atoms with E-state index in [1.807, 2.05) is 0 Å². The molecule has 0 aliphatic rings. The Morgan fingerprint density at radius 3 is 1.27 bits per heavy atom. The third kappa shape index (κ3) is 16.3. The summed E-state index contributed by atoms with van der Waals surface area (Å²) in [4.78, 5) is 47.3. The second-order valence-corrected chi connectivity index (χ2v) is 12.2. The lowest BCUT2D eigenvalue weighted by Gasteiger charge is -2.27. The van der Waals surface area contributed by atoms with E-state index in [9.17, 15) is 39.6 Å². The van der Waals surface area contributed by atoms with Gasteiger partial charge in [-0.25, -0.2) is 0 Å². The van der Waals surface area contributed by atoms with Gasteiger partial charge in [-0.1, -0.05) is 49.3 Å². The number of hydrogen-bond donors (Lipinski definition) is 8. The summed E-state index contributed by atoms with van der Waals surface area (Å²) in [6.07, 6.45) is -2.59. The fourth-order valence-corrected chi connectivity index (χ4v) is 4.25. The lowest BCUT2D eigenvalue weighted by Crippen LogP contribution is -2.46. The SMILES string of the molecule is CC(C)(CO)C(O)C(=O)NCCC(=O)NCCSSCCNC(=O)CCNC(=O)C(O)C(C)(C)CO.Cl. The van der Waals surface area contributed by atoms with Gasteiger partial charge < -0.3 is 41.7 Å². The summed E-state index contributed by atoms with van der Waals surface area (Å²) in [5.41, 5.74) is -1.94. The van der Waals surface area contributed by atoms with Crippen LogP contribution in [0.1, 0.15) is 40.5 Å². The summed E-state index contributed by atoms with van der Waals surface area (Å²) in [6, 6.07) is 0. The van der Waals surface area contributed by atoms with Crippen molar-refractivity contribution in [3.63, 3.8) is 0 Å². The molecule has 0 bridgehead atoms. The molecule has 0 aromatic heterocycles. The summed E-state index contributed by atoms with van der Waals surface area (Å²) in [5, 5.41) is 48.5. The predicted octanol–water partition coefficient (Wildman–Crippen LogP) is -1.21. The second-order valence-electron chi connectivity index (χ2n) is 9.52. The van der Waals surface area contributed by atoms with Gasteiger partial charge in [0.25, 0.3) is 0 Å². The highest BCUT2D eigenvalue weighted by molar-refractivity contribution is 8.76. The van der Waals surface area contributed by atoms with Gasteiger partial charge in [0, 0.05) is 61.4 Å². The Kier molecular flexibility index (Phi) is 20.2. The number of amides is 4. The van der Waals surface area contributed by atoms with Gasteiger partial charge in [0.1, 0.15) is 12.2 Å². The minimum atomic E-state index is -1.37. The van der Waals surface area contributed by atoms with Gasteiger partial charge in [0.15, 0.2) is 0 Å². The lowest BCUT2D eigenvalue weighted by molar-refractivity contribution is -0.137. The minimum Gasteiger partial charge on any atom is -0.396 e. The van der Waals surface area contributed by atoms with Gasteiger partial charge >= 0.3 is 0 Å². The Labute approximate surface area is 232 Å². The summed E-state index contributed by atoms with van der Waals surface area (Å²) in [7, 11) is 3.07. The molecule has 0 fully saturated rings. The van der Waals surface area contributed by atoms with Gasteiger partial charge in [0.05, 0.1) is 13.2 Å². The summed E-state index contributed by atoms with van der Waals surface area (Å²) >= 11 is 0. The van der Waals surface area contributed by atoms with Crippen LogP contribution < -0.4 is 21.3 Å². The van der Waals surface area contributed by atoms with E-state index < -0.39 is 34.9 Å². The topological polar surface area (TPSA) is 197 Å². The van der Waals surface area contributed by atoms with Crippen LogP contribution in [0.15, 0.2) is 0 Å². The van der Waals surface area contributed by atoms with Crippen LogP contribution >= 0.6 is 34.0 Å². The molecule has 4 amide bonds. The van der Waals surface area contributed by atoms with Crippen molar-refractivity contribution in [2.75, 3.05) is 50.9 Å². The van der Waals surface area contributed by atoms with Crippen molar-refractivity contribution in [1.29, 1.82) is 0 Å². The van der Waals surface area contributed by atoms with Crippen molar-refractivity contribution in [2.24, 2.45) is 10.8 Å². The number of nitrogens with one attached hydrogen (secondary N) is 4. The van der Waals surface area contributed by atoms with Crippen LogP contribution in [0, 0.1) is 10.8 Å². The third-order valence-electron chi connectivity index (χ3n) is 5.19. The maximum absolute atomic E-state index is 11.8. The Bertz CT molecular complexity index is 658. The van der Waals surface area contributed by atoms with Crippen LogP contribution in [0.4, 0.5) is 0 Å². The monoisotopic (exact) mass is 590 g/mol. The van der Waals surface area contributed by atoms with Crippen molar-refractivity contribution in [1.82, 2.24) is 21.3 Å². The second kappa shape index (κ2) is 19.7. The Morgan fingerprint density at radius 1 is 0.649 bits per heavy atom. The Hall–Kier alpha value is -1.29. The molecule has 2 unspecified atom stereocenters. The molecule has 0 radical (unpaired) electrons. The molecule has 2 atom stereocenters. The predicted molar refractivity (Wildman–Crippen MR) is 147 cm³/mol. The van der Waals surface area contributed by atoms with Crippen LogP contribution in [0.25, 0.3) is 0 Å². The molecule has 37 heavy (non-hydrogen) atoms. The van der Waals surface area contributed by atoms with Crippen molar-refractivity contribution >= 4 is 57.6 Å². The molecule has 15 heteroatoms. The molecule has 12 nitrogen and oxygen atoms in total. The summed E-state index contributed by atoms with van der Waals surface area (Å²) in [5.74, 6) is -0.428. The molecule has 0 aliphatic carbocycles. The Morgan fingerprint density at radius 2 is 0.973 bits per heavy atom. The molecular formula is C22H43ClN4O8S2. The van der Waals surface area contributed by atoms with Gasteiger partial charge in [-0.15, -0.1) is 12.4 Å². The standard InChI is InChI=1S/C22H42N4O8S2.ClH/c1-21(2,13-27)17(31)19(33)25-7-5-15(29)23-9-11-35-36-12-10-24-16(30)6-8-26-20(34)18(32)22(3,4)14-28;/h17-18,27-28,31-32H,5-14H2,1-4H3,(H,23,29)(H,24,30)(H,25,33)(H,26,34);1H. The van der Waals surface area contributed by atoms with Crippen LogP contribution in [-0.2, 0) is 19.2 Å². The smallest absolute Gasteiger partial charge is 0.249 e. The molecular weight excluding hydrogens is 548 g/mol. The maximum atomic E-state index is 11.8. The molecule has 0 saturated heterocycles. The summed E-state index contributed by atoms with van der Waals surface area (Å²) < 4.78 is 0. The largest absolute Gasteiger partial charge is 0.396 e. The first-order chi connectivity index (χ1) is 16.8. The quantitative estimate of drug-likeness (QED) is 0.0667. The average Bonchev–Trinajstić information content (AvgIpc) is 2.84. The maximum Gasteiger partial charge on any atom is 0.249 e. The van der Waals surface area contributed by atoms with Crippen LogP contribution in [0.5, 0.6) is 0 Å². The van der Waals surface area contributed by atoms with Crippen molar-refractivity contribution in [2.45, 2.75) is 52.7 Å². The Balaban J connectivity index is 0. The number of hydrogen-bond acceptors (Lipinski definition) is 10. The van der Waals surface area contributed by atoms with Crippen molar-refractivity contribution in [3.8, 4) is 0 Å². The first-order valence-electron chi connectivity index (χ1n) is 11.7. The first-order valence-corrected chi connectivity index (χ1v) is 14.2. The molecule has 0 aromatic carbocycles. The van der Waals surface area contributed by atoms with Gasteiger partial charge in [0.2, 0.25) is 23.6 Å². The molecule has 0 saturated carbocycles. The molecule has 0 aliphatic heterocycles. The number of carbonyl (C=O) groups is 4. The fourth-order valence-electron chi connectivity index (χ4n) is 2.43. The van der Waals surface area contributed by atoms with Crippen LogP contribution in [-0.4, -0.2) is 107 Å². The molecule has 0 rings (SSSR count).